The number of benzene rings is 1. The number of rotatable bonds is 4. The van der Waals surface area contributed by atoms with Gasteiger partial charge in [0.05, 0.1) is 0 Å². The molecule has 0 radical (unpaired) electrons. The Hall–Kier alpha value is -1.71. The van der Waals surface area contributed by atoms with Gasteiger partial charge in [-0.3, -0.25) is 4.79 Å². The van der Waals surface area contributed by atoms with Crippen LogP contribution in [0.25, 0.3) is 0 Å². The Labute approximate surface area is 119 Å². The van der Waals surface area contributed by atoms with Crippen molar-refractivity contribution in [3.8, 4) is 11.5 Å². The molecule has 0 heterocycles. The molecule has 20 heavy (non-hydrogen) atoms. The summed E-state index contributed by atoms with van der Waals surface area (Å²) in [5.41, 5.74) is 0.296. The van der Waals surface area contributed by atoms with Crippen molar-refractivity contribution in [3.05, 3.63) is 23.8 Å². The average molecular weight is 277 g/mol. The number of phenols is 2. The molecule has 1 aliphatic carbocycles. The molecule has 1 fully saturated rings. The largest absolute Gasteiger partial charge is 0.508 e. The lowest BCUT2D eigenvalue weighted by Gasteiger charge is -2.27. The highest BCUT2D eigenvalue weighted by molar-refractivity contribution is 5.95. The molecule has 0 spiro atoms. The van der Waals surface area contributed by atoms with Crippen molar-refractivity contribution in [2.45, 2.75) is 39.0 Å². The van der Waals surface area contributed by atoms with Crippen LogP contribution >= 0.6 is 0 Å². The van der Waals surface area contributed by atoms with Crippen LogP contribution in [-0.4, -0.2) is 22.7 Å². The fourth-order valence-electron chi connectivity index (χ4n) is 2.91. The SMILES string of the molecule is CCC1CCC(CNC(=O)c2cc(O)cc(O)c2)CC1. The fourth-order valence-corrected chi connectivity index (χ4v) is 2.91. The fraction of sp³-hybridized carbons (Fsp3) is 0.562. The van der Waals surface area contributed by atoms with Crippen molar-refractivity contribution in [1.82, 2.24) is 5.32 Å². The molecule has 3 N–H and O–H groups in total. The third kappa shape index (κ3) is 3.89. The molecule has 1 aliphatic rings. The third-order valence-electron chi connectivity index (χ3n) is 4.26. The molecule has 0 saturated heterocycles. The van der Waals surface area contributed by atoms with Gasteiger partial charge >= 0.3 is 0 Å². The molecule has 1 aromatic carbocycles. The Kier molecular flexibility index (Phi) is 4.88. The Balaban J connectivity index is 1.83. The van der Waals surface area contributed by atoms with Crippen molar-refractivity contribution in [3.63, 3.8) is 0 Å². The van der Waals surface area contributed by atoms with Crippen LogP contribution < -0.4 is 5.32 Å². The molecule has 0 unspecified atom stereocenters. The Morgan fingerprint density at radius 2 is 1.65 bits per heavy atom. The minimum Gasteiger partial charge on any atom is -0.508 e. The van der Waals surface area contributed by atoms with Gasteiger partial charge in [-0.1, -0.05) is 26.2 Å². The highest BCUT2D eigenvalue weighted by Crippen LogP contribution is 2.30. The lowest BCUT2D eigenvalue weighted by Crippen LogP contribution is -2.31. The van der Waals surface area contributed by atoms with E-state index in [1.54, 1.807) is 0 Å². The van der Waals surface area contributed by atoms with Crippen LogP contribution in [0.3, 0.4) is 0 Å². The van der Waals surface area contributed by atoms with Gasteiger partial charge in [0, 0.05) is 18.2 Å². The van der Waals surface area contributed by atoms with Gasteiger partial charge in [-0.25, -0.2) is 0 Å². The molecule has 0 aliphatic heterocycles. The van der Waals surface area contributed by atoms with Gasteiger partial charge in [-0.05, 0) is 36.8 Å². The lowest BCUT2D eigenvalue weighted by molar-refractivity contribution is 0.0940. The van der Waals surface area contributed by atoms with Crippen LogP contribution in [0.2, 0.25) is 0 Å². The maximum atomic E-state index is 12.0. The minimum absolute atomic E-state index is 0.0985. The zero-order chi connectivity index (χ0) is 14.5. The lowest BCUT2D eigenvalue weighted by atomic mass is 9.81. The van der Waals surface area contributed by atoms with E-state index in [2.05, 4.69) is 12.2 Å². The van der Waals surface area contributed by atoms with Crippen LogP contribution in [0, 0.1) is 11.8 Å². The number of phenolic OH excluding ortho intramolecular Hbond substituents is 2. The van der Waals surface area contributed by atoms with Crippen molar-refractivity contribution in [2.75, 3.05) is 6.54 Å². The molecule has 1 amide bonds. The molecule has 4 heteroatoms. The zero-order valence-electron chi connectivity index (χ0n) is 11.9. The second-order valence-electron chi connectivity index (χ2n) is 5.74. The summed E-state index contributed by atoms with van der Waals surface area (Å²) in [5, 5.41) is 21.6. The van der Waals surface area contributed by atoms with E-state index in [1.165, 1.54) is 50.3 Å². The van der Waals surface area contributed by atoms with Gasteiger partial charge in [0.2, 0.25) is 0 Å². The molecular weight excluding hydrogens is 254 g/mol. The van der Waals surface area contributed by atoms with Gasteiger partial charge in [0.1, 0.15) is 11.5 Å². The molecule has 0 bridgehead atoms. The van der Waals surface area contributed by atoms with E-state index in [1.807, 2.05) is 0 Å². The standard InChI is InChI=1S/C16H23NO3/c1-2-11-3-5-12(6-4-11)10-17-16(20)13-7-14(18)9-15(19)8-13/h7-9,11-12,18-19H,2-6,10H2,1H3,(H,17,20). The number of carbonyl (C=O) groups is 1. The molecule has 110 valence electrons. The number of aromatic hydroxyl groups is 2. The first kappa shape index (κ1) is 14.7. The third-order valence-corrected chi connectivity index (χ3v) is 4.26. The van der Waals surface area contributed by atoms with E-state index in [0.717, 1.165) is 5.92 Å². The van der Waals surface area contributed by atoms with Crippen molar-refractivity contribution < 1.29 is 15.0 Å². The van der Waals surface area contributed by atoms with Crippen molar-refractivity contribution in [1.29, 1.82) is 0 Å². The summed E-state index contributed by atoms with van der Waals surface area (Å²) in [6, 6.07) is 3.94. The summed E-state index contributed by atoms with van der Waals surface area (Å²) in [6.07, 6.45) is 6.10. The first-order valence-corrected chi connectivity index (χ1v) is 7.39. The minimum atomic E-state index is -0.242. The zero-order valence-corrected chi connectivity index (χ0v) is 11.9. The predicted molar refractivity (Wildman–Crippen MR) is 77.8 cm³/mol. The smallest absolute Gasteiger partial charge is 0.251 e. The summed E-state index contributed by atoms with van der Waals surface area (Å²) in [4.78, 5) is 12.0. The van der Waals surface area contributed by atoms with E-state index in [4.69, 9.17) is 0 Å². The monoisotopic (exact) mass is 277 g/mol. The van der Waals surface area contributed by atoms with Crippen LogP contribution in [0.15, 0.2) is 18.2 Å². The molecular formula is C16H23NO3. The van der Waals surface area contributed by atoms with Crippen molar-refractivity contribution >= 4 is 5.91 Å². The second-order valence-corrected chi connectivity index (χ2v) is 5.74. The van der Waals surface area contributed by atoms with Crippen molar-refractivity contribution in [2.24, 2.45) is 11.8 Å². The summed E-state index contributed by atoms with van der Waals surface area (Å²) >= 11 is 0. The van der Waals surface area contributed by atoms with Gasteiger partial charge in [-0.2, -0.15) is 0 Å². The number of carbonyl (C=O) groups excluding carboxylic acids is 1. The van der Waals surface area contributed by atoms with Crippen LogP contribution in [0.1, 0.15) is 49.4 Å². The highest BCUT2D eigenvalue weighted by Gasteiger charge is 2.20. The van der Waals surface area contributed by atoms with Crippen LogP contribution in [-0.2, 0) is 0 Å². The van der Waals surface area contributed by atoms with Gasteiger partial charge in [0.15, 0.2) is 0 Å². The molecule has 0 atom stereocenters. The molecule has 4 nitrogen and oxygen atoms in total. The molecule has 0 aromatic heterocycles. The van der Waals surface area contributed by atoms with Gasteiger partial charge in [-0.15, -0.1) is 0 Å². The topological polar surface area (TPSA) is 69.6 Å². The summed E-state index contributed by atoms with van der Waals surface area (Å²) < 4.78 is 0. The Morgan fingerprint density at radius 3 is 2.20 bits per heavy atom. The first-order valence-electron chi connectivity index (χ1n) is 7.39. The molecule has 2 rings (SSSR count). The number of amides is 1. The number of nitrogens with one attached hydrogen (secondary N) is 1. The predicted octanol–water partition coefficient (Wildman–Crippen LogP) is 3.04. The summed E-state index contributed by atoms with van der Waals surface area (Å²) in [7, 11) is 0. The normalized spacial score (nSPS) is 22.4. The first-order chi connectivity index (χ1) is 9.58. The summed E-state index contributed by atoms with van der Waals surface area (Å²) in [6.45, 7) is 2.91. The maximum absolute atomic E-state index is 12.0. The van der Waals surface area contributed by atoms with E-state index >= 15 is 0 Å². The van der Waals surface area contributed by atoms with Crippen LogP contribution in [0.5, 0.6) is 11.5 Å². The van der Waals surface area contributed by atoms with Gasteiger partial charge < -0.3 is 15.5 Å². The molecule has 1 aromatic rings. The summed E-state index contributed by atoms with van der Waals surface area (Å²) in [5.74, 6) is 0.962. The van der Waals surface area contributed by atoms with Gasteiger partial charge in [0.25, 0.3) is 5.91 Å². The van der Waals surface area contributed by atoms with E-state index in [-0.39, 0.29) is 17.4 Å². The van der Waals surface area contributed by atoms with Crippen LogP contribution in [0.4, 0.5) is 0 Å². The second kappa shape index (κ2) is 6.64. The maximum Gasteiger partial charge on any atom is 0.251 e. The average Bonchev–Trinajstić information content (AvgIpc) is 2.44. The number of hydrogen-bond donors (Lipinski definition) is 3. The highest BCUT2D eigenvalue weighted by atomic mass is 16.3. The van der Waals surface area contributed by atoms with E-state index < -0.39 is 0 Å². The van der Waals surface area contributed by atoms with E-state index in [9.17, 15) is 15.0 Å². The Bertz CT molecular complexity index is 445. The van der Waals surface area contributed by atoms with E-state index in [0.29, 0.717) is 18.0 Å². The number of hydrogen-bond acceptors (Lipinski definition) is 3. The molecule has 1 saturated carbocycles. The quantitative estimate of drug-likeness (QED) is 0.792. The Morgan fingerprint density at radius 1 is 1.10 bits per heavy atom.